The molecule has 0 amide bonds. The average molecular weight is 209 g/mol. The Morgan fingerprint density at radius 2 is 2.27 bits per heavy atom. The molecule has 0 radical (unpaired) electrons. The molecule has 1 aliphatic rings. The Morgan fingerprint density at radius 1 is 1.47 bits per heavy atom. The summed E-state index contributed by atoms with van der Waals surface area (Å²) >= 11 is 0. The van der Waals surface area contributed by atoms with Crippen molar-refractivity contribution < 1.29 is 9.15 Å². The first-order valence-electron chi connectivity index (χ1n) is 5.66. The third-order valence-corrected chi connectivity index (χ3v) is 3.24. The van der Waals surface area contributed by atoms with E-state index in [1.54, 1.807) is 6.26 Å². The molecule has 1 saturated heterocycles. The van der Waals surface area contributed by atoms with Crippen LogP contribution in [0.3, 0.4) is 0 Å². The Balaban J connectivity index is 1.91. The van der Waals surface area contributed by atoms with Crippen LogP contribution in [-0.4, -0.2) is 26.3 Å². The standard InChI is InChI=1S/C12H19NO2/c1-13-12(8-10-2-5-15-9-10)11-3-6-14-7-4-11/h2,5,9,11-13H,3-4,6-8H2,1H3. The lowest BCUT2D eigenvalue weighted by Gasteiger charge is -2.29. The van der Waals surface area contributed by atoms with Gasteiger partial charge in [0.25, 0.3) is 0 Å². The second kappa shape index (κ2) is 5.33. The number of hydrogen-bond acceptors (Lipinski definition) is 3. The molecule has 1 N–H and O–H groups in total. The van der Waals surface area contributed by atoms with E-state index < -0.39 is 0 Å². The predicted molar refractivity (Wildman–Crippen MR) is 58.8 cm³/mol. The topological polar surface area (TPSA) is 34.4 Å². The van der Waals surface area contributed by atoms with Gasteiger partial charge in [0.1, 0.15) is 0 Å². The van der Waals surface area contributed by atoms with Crippen LogP contribution in [0.15, 0.2) is 23.0 Å². The molecule has 0 bridgehead atoms. The van der Waals surface area contributed by atoms with Gasteiger partial charge in [-0.2, -0.15) is 0 Å². The van der Waals surface area contributed by atoms with Gasteiger partial charge in [0.15, 0.2) is 0 Å². The Kier molecular flexibility index (Phi) is 3.80. The lowest BCUT2D eigenvalue weighted by Crippen LogP contribution is -2.38. The highest BCUT2D eigenvalue weighted by atomic mass is 16.5. The molecule has 1 aromatic rings. The van der Waals surface area contributed by atoms with E-state index in [1.165, 1.54) is 18.4 Å². The lowest BCUT2D eigenvalue weighted by atomic mass is 9.88. The normalized spacial score (nSPS) is 20.3. The Bertz CT molecular complexity index is 265. The van der Waals surface area contributed by atoms with Gasteiger partial charge in [-0.15, -0.1) is 0 Å². The highest BCUT2D eigenvalue weighted by Crippen LogP contribution is 2.21. The summed E-state index contributed by atoms with van der Waals surface area (Å²) in [5.41, 5.74) is 1.28. The highest BCUT2D eigenvalue weighted by Gasteiger charge is 2.22. The first-order chi connectivity index (χ1) is 7.40. The molecule has 0 aromatic carbocycles. The van der Waals surface area contributed by atoms with Gasteiger partial charge < -0.3 is 14.5 Å². The molecule has 15 heavy (non-hydrogen) atoms. The highest BCUT2D eigenvalue weighted by molar-refractivity contribution is 5.08. The minimum Gasteiger partial charge on any atom is -0.472 e. The lowest BCUT2D eigenvalue weighted by molar-refractivity contribution is 0.0547. The zero-order valence-electron chi connectivity index (χ0n) is 9.24. The third kappa shape index (κ3) is 2.83. The van der Waals surface area contributed by atoms with E-state index in [9.17, 15) is 0 Å². The van der Waals surface area contributed by atoms with Gasteiger partial charge in [0, 0.05) is 19.3 Å². The van der Waals surface area contributed by atoms with E-state index in [1.807, 2.05) is 19.4 Å². The van der Waals surface area contributed by atoms with Gasteiger partial charge in [-0.3, -0.25) is 0 Å². The van der Waals surface area contributed by atoms with Crippen LogP contribution in [0.4, 0.5) is 0 Å². The summed E-state index contributed by atoms with van der Waals surface area (Å²) in [6, 6.07) is 2.59. The molecule has 0 spiro atoms. The van der Waals surface area contributed by atoms with Crippen LogP contribution in [0.2, 0.25) is 0 Å². The molecule has 3 nitrogen and oxygen atoms in total. The summed E-state index contributed by atoms with van der Waals surface area (Å²) in [6.45, 7) is 1.82. The van der Waals surface area contributed by atoms with Crippen molar-refractivity contribution in [3.8, 4) is 0 Å². The molecule has 1 fully saturated rings. The first-order valence-corrected chi connectivity index (χ1v) is 5.66. The molecule has 2 rings (SSSR count). The molecular weight excluding hydrogens is 190 g/mol. The monoisotopic (exact) mass is 209 g/mol. The average Bonchev–Trinajstić information content (AvgIpc) is 2.80. The molecular formula is C12H19NO2. The van der Waals surface area contributed by atoms with Crippen LogP contribution in [0.25, 0.3) is 0 Å². The van der Waals surface area contributed by atoms with Crippen molar-refractivity contribution in [2.75, 3.05) is 20.3 Å². The van der Waals surface area contributed by atoms with E-state index in [-0.39, 0.29) is 0 Å². The number of hydrogen-bond donors (Lipinski definition) is 1. The second-order valence-electron chi connectivity index (χ2n) is 4.18. The number of furan rings is 1. The summed E-state index contributed by atoms with van der Waals surface area (Å²) in [7, 11) is 2.04. The van der Waals surface area contributed by atoms with Gasteiger partial charge in [-0.1, -0.05) is 0 Å². The van der Waals surface area contributed by atoms with Crippen LogP contribution < -0.4 is 5.32 Å². The van der Waals surface area contributed by atoms with Crippen molar-refractivity contribution in [3.63, 3.8) is 0 Å². The molecule has 0 saturated carbocycles. The summed E-state index contributed by atoms with van der Waals surface area (Å²) in [5, 5.41) is 3.41. The number of rotatable bonds is 4. The van der Waals surface area contributed by atoms with Crippen LogP contribution in [-0.2, 0) is 11.2 Å². The molecule has 1 aliphatic heterocycles. The zero-order valence-corrected chi connectivity index (χ0v) is 9.24. The van der Waals surface area contributed by atoms with E-state index in [0.717, 1.165) is 25.6 Å². The van der Waals surface area contributed by atoms with Crippen LogP contribution >= 0.6 is 0 Å². The number of nitrogens with one attached hydrogen (secondary N) is 1. The van der Waals surface area contributed by atoms with Crippen molar-refractivity contribution in [1.82, 2.24) is 5.32 Å². The summed E-state index contributed by atoms with van der Waals surface area (Å²) in [6.07, 6.45) is 6.97. The summed E-state index contributed by atoms with van der Waals surface area (Å²) < 4.78 is 10.5. The van der Waals surface area contributed by atoms with E-state index in [0.29, 0.717) is 6.04 Å². The maximum absolute atomic E-state index is 5.38. The van der Waals surface area contributed by atoms with Crippen molar-refractivity contribution in [2.45, 2.75) is 25.3 Å². The van der Waals surface area contributed by atoms with Gasteiger partial charge in [-0.05, 0) is 43.9 Å². The molecule has 2 heterocycles. The fraction of sp³-hybridized carbons (Fsp3) is 0.667. The molecule has 1 aromatic heterocycles. The third-order valence-electron chi connectivity index (χ3n) is 3.24. The van der Waals surface area contributed by atoms with E-state index in [4.69, 9.17) is 9.15 Å². The molecule has 0 aliphatic carbocycles. The Morgan fingerprint density at radius 3 is 2.87 bits per heavy atom. The van der Waals surface area contributed by atoms with Crippen molar-refractivity contribution >= 4 is 0 Å². The fourth-order valence-corrected chi connectivity index (χ4v) is 2.29. The Hall–Kier alpha value is -0.800. The van der Waals surface area contributed by atoms with Crippen LogP contribution in [0, 0.1) is 5.92 Å². The largest absolute Gasteiger partial charge is 0.472 e. The predicted octanol–water partition coefficient (Wildman–Crippen LogP) is 1.84. The maximum atomic E-state index is 5.38. The minimum absolute atomic E-state index is 0.548. The van der Waals surface area contributed by atoms with Crippen LogP contribution in [0.1, 0.15) is 18.4 Å². The maximum Gasteiger partial charge on any atom is 0.0935 e. The minimum atomic E-state index is 0.548. The van der Waals surface area contributed by atoms with Gasteiger partial charge in [0.05, 0.1) is 12.5 Å². The SMILES string of the molecule is CNC(Cc1ccoc1)C1CCOCC1. The summed E-state index contributed by atoms with van der Waals surface area (Å²) in [5.74, 6) is 0.735. The fourth-order valence-electron chi connectivity index (χ4n) is 2.29. The number of ether oxygens (including phenoxy) is 1. The molecule has 1 unspecified atom stereocenters. The second-order valence-corrected chi connectivity index (χ2v) is 4.18. The molecule has 3 heteroatoms. The Labute approximate surface area is 90.8 Å². The van der Waals surface area contributed by atoms with Crippen LogP contribution in [0.5, 0.6) is 0 Å². The molecule has 84 valence electrons. The number of likely N-dealkylation sites (N-methyl/N-ethyl adjacent to an activating group) is 1. The van der Waals surface area contributed by atoms with E-state index in [2.05, 4.69) is 5.32 Å². The zero-order chi connectivity index (χ0) is 10.5. The van der Waals surface area contributed by atoms with Crippen molar-refractivity contribution in [2.24, 2.45) is 5.92 Å². The summed E-state index contributed by atoms with van der Waals surface area (Å²) in [4.78, 5) is 0. The molecule has 1 atom stereocenters. The first kappa shape index (κ1) is 10.7. The quantitative estimate of drug-likeness (QED) is 0.821. The van der Waals surface area contributed by atoms with Gasteiger partial charge in [-0.25, -0.2) is 0 Å². The van der Waals surface area contributed by atoms with Crippen molar-refractivity contribution in [3.05, 3.63) is 24.2 Å². The smallest absolute Gasteiger partial charge is 0.0935 e. The van der Waals surface area contributed by atoms with Gasteiger partial charge in [0.2, 0.25) is 0 Å². The van der Waals surface area contributed by atoms with E-state index >= 15 is 0 Å². The van der Waals surface area contributed by atoms with Crippen molar-refractivity contribution in [1.29, 1.82) is 0 Å². The van der Waals surface area contributed by atoms with Gasteiger partial charge >= 0.3 is 0 Å².